The van der Waals surface area contributed by atoms with Gasteiger partial charge in [0.1, 0.15) is 6.10 Å². The molecule has 0 amide bonds. The Hall–Kier alpha value is -1.41. The van der Waals surface area contributed by atoms with Crippen LogP contribution in [-0.2, 0) is 14.5 Å². The Labute approximate surface area is 143 Å². The summed E-state index contributed by atoms with van der Waals surface area (Å²) in [5, 5.41) is 8.90. The molecule has 0 unspecified atom stereocenters. The van der Waals surface area contributed by atoms with Crippen molar-refractivity contribution >= 4 is 0 Å². The number of methoxy groups -OCH3 is 1. The lowest BCUT2D eigenvalue weighted by molar-refractivity contribution is -0.484. The van der Waals surface area contributed by atoms with Crippen LogP contribution in [0.1, 0.15) is 56.3 Å². The van der Waals surface area contributed by atoms with Crippen molar-refractivity contribution in [3.63, 3.8) is 0 Å². The molecule has 4 aliphatic rings. The van der Waals surface area contributed by atoms with E-state index in [1.165, 1.54) is 32.1 Å². The Kier molecular flexibility index (Phi) is 4.12. The van der Waals surface area contributed by atoms with Crippen molar-refractivity contribution in [3.05, 3.63) is 35.4 Å². The SMILES string of the molecule is COC1(OO[C@H](C)c2ccc(C#N)cc2)C2CC3CC(C2)CC1C3. The highest BCUT2D eigenvalue weighted by Crippen LogP contribution is 2.60. The molecule has 4 aliphatic carbocycles. The second kappa shape index (κ2) is 6.15. The molecule has 24 heavy (non-hydrogen) atoms. The van der Waals surface area contributed by atoms with Crippen LogP contribution in [0.2, 0.25) is 0 Å². The maximum atomic E-state index is 8.90. The van der Waals surface area contributed by atoms with Crippen molar-refractivity contribution < 1.29 is 14.5 Å². The number of benzene rings is 1. The van der Waals surface area contributed by atoms with Gasteiger partial charge in [-0.1, -0.05) is 12.1 Å². The van der Waals surface area contributed by atoms with Gasteiger partial charge in [-0.2, -0.15) is 10.1 Å². The van der Waals surface area contributed by atoms with Crippen LogP contribution in [0.3, 0.4) is 0 Å². The molecule has 1 aromatic carbocycles. The van der Waals surface area contributed by atoms with E-state index < -0.39 is 5.79 Å². The Bertz CT molecular complexity index is 605. The van der Waals surface area contributed by atoms with E-state index in [9.17, 15) is 0 Å². The average molecular weight is 327 g/mol. The summed E-state index contributed by atoms with van der Waals surface area (Å²) in [6.45, 7) is 1.97. The summed E-state index contributed by atoms with van der Waals surface area (Å²) < 4.78 is 5.95. The highest BCUT2D eigenvalue weighted by Gasteiger charge is 2.60. The molecule has 0 saturated heterocycles. The van der Waals surface area contributed by atoms with Gasteiger partial charge in [0.15, 0.2) is 0 Å². The standard InChI is InChI=1S/C20H25NO3/c1-13(17-5-3-14(12-21)4-6-17)23-24-20(22-2)18-8-15-7-16(10-18)11-19(20)9-15/h3-6,13,15-16,18-19H,7-11H2,1-2H3/t13-,15?,16?,18?,19?,20?/m1/s1. The fourth-order valence-electron chi connectivity index (χ4n) is 5.38. The van der Waals surface area contributed by atoms with Crippen LogP contribution < -0.4 is 0 Å². The van der Waals surface area contributed by atoms with Gasteiger partial charge in [0.25, 0.3) is 0 Å². The van der Waals surface area contributed by atoms with E-state index in [2.05, 4.69) is 6.07 Å². The Morgan fingerprint density at radius 1 is 1.04 bits per heavy atom. The minimum Gasteiger partial charge on any atom is -0.350 e. The van der Waals surface area contributed by atoms with Crippen LogP contribution >= 0.6 is 0 Å². The molecule has 4 nitrogen and oxygen atoms in total. The lowest BCUT2D eigenvalue weighted by atomic mass is 9.53. The van der Waals surface area contributed by atoms with E-state index in [0.717, 1.165) is 17.4 Å². The Morgan fingerprint density at radius 3 is 2.12 bits per heavy atom. The van der Waals surface area contributed by atoms with E-state index in [1.807, 2.05) is 31.2 Å². The van der Waals surface area contributed by atoms with Gasteiger partial charge in [-0.15, -0.1) is 0 Å². The van der Waals surface area contributed by atoms with Gasteiger partial charge < -0.3 is 4.74 Å². The van der Waals surface area contributed by atoms with Gasteiger partial charge in [-0.3, -0.25) is 0 Å². The van der Waals surface area contributed by atoms with E-state index in [-0.39, 0.29) is 6.10 Å². The molecule has 4 bridgehead atoms. The number of rotatable bonds is 5. The molecule has 1 atom stereocenters. The van der Waals surface area contributed by atoms with Crippen molar-refractivity contribution in [1.29, 1.82) is 5.26 Å². The Morgan fingerprint density at radius 2 is 1.62 bits per heavy atom. The topological polar surface area (TPSA) is 51.5 Å². The number of hydrogen-bond acceptors (Lipinski definition) is 4. The largest absolute Gasteiger partial charge is 0.350 e. The van der Waals surface area contributed by atoms with Crippen LogP contribution in [0.15, 0.2) is 24.3 Å². The number of nitriles is 1. The summed E-state index contributed by atoms with van der Waals surface area (Å²) in [5.41, 5.74) is 1.66. The third-order valence-electron chi connectivity index (χ3n) is 6.43. The third-order valence-corrected chi connectivity index (χ3v) is 6.43. The van der Waals surface area contributed by atoms with E-state index >= 15 is 0 Å². The third kappa shape index (κ3) is 2.56. The maximum Gasteiger partial charge on any atom is 0.207 e. The summed E-state index contributed by atoms with van der Waals surface area (Å²) in [6, 6.07) is 9.59. The second-order valence-corrected chi connectivity index (χ2v) is 7.79. The number of ether oxygens (including phenoxy) is 1. The Balaban J connectivity index is 1.46. The molecule has 128 valence electrons. The van der Waals surface area contributed by atoms with Crippen LogP contribution in [0.25, 0.3) is 0 Å². The summed E-state index contributed by atoms with van der Waals surface area (Å²) in [4.78, 5) is 11.9. The minimum absolute atomic E-state index is 0.193. The molecular weight excluding hydrogens is 302 g/mol. The molecule has 0 heterocycles. The normalized spacial score (nSPS) is 38.0. The van der Waals surface area contributed by atoms with Crippen molar-refractivity contribution in [2.24, 2.45) is 23.7 Å². The molecular formula is C20H25NO3. The zero-order valence-corrected chi connectivity index (χ0v) is 14.4. The maximum absolute atomic E-state index is 8.90. The quantitative estimate of drug-likeness (QED) is 0.458. The first-order valence-electron chi connectivity index (χ1n) is 9.04. The fourth-order valence-corrected chi connectivity index (χ4v) is 5.38. The first kappa shape index (κ1) is 16.1. The molecule has 0 radical (unpaired) electrons. The zero-order valence-electron chi connectivity index (χ0n) is 14.4. The second-order valence-electron chi connectivity index (χ2n) is 7.79. The molecule has 4 heteroatoms. The fraction of sp³-hybridized carbons (Fsp3) is 0.650. The average Bonchev–Trinajstić information content (AvgIpc) is 2.61. The molecule has 0 N–H and O–H groups in total. The monoisotopic (exact) mass is 327 g/mol. The van der Waals surface area contributed by atoms with Crippen molar-refractivity contribution in [2.45, 2.75) is 50.9 Å². The molecule has 4 fully saturated rings. The van der Waals surface area contributed by atoms with Crippen molar-refractivity contribution in [3.8, 4) is 6.07 Å². The molecule has 5 rings (SSSR count). The predicted molar refractivity (Wildman–Crippen MR) is 88.5 cm³/mol. The highest BCUT2D eigenvalue weighted by atomic mass is 17.2. The van der Waals surface area contributed by atoms with Gasteiger partial charge in [-0.25, -0.2) is 4.89 Å². The lowest BCUT2D eigenvalue weighted by Gasteiger charge is -2.58. The van der Waals surface area contributed by atoms with Crippen LogP contribution in [-0.4, -0.2) is 12.9 Å². The van der Waals surface area contributed by atoms with Crippen molar-refractivity contribution in [1.82, 2.24) is 0 Å². The summed E-state index contributed by atoms with van der Waals surface area (Å²) >= 11 is 0. The lowest BCUT2D eigenvalue weighted by Crippen LogP contribution is -2.60. The van der Waals surface area contributed by atoms with E-state index in [0.29, 0.717) is 17.4 Å². The first-order chi connectivity index (χ1) is 11.6. The van der Waals surface area contributed by atoms with Crippen LogP contribution in [0.5, 0.6) is 0 Å². The number of hydrogen-bond donors (Lipinski definition) is 0. The first-order valence-corrected chi connectivity index (χ1v) is 9.04. The van der Waals surface area contributed by atoms with Crippen LogP contribution in [0, 0.1) is 35.0 Å². The van der Waals surface area contributed by atoms with Crippen molar-refractivity contribution in [2.75, 3.05) is 7.11 Å². The van der Waals surface area contributed by atoms with Gasteiger partial charge in [0.05, 0.1) is 11.6 Å². The molecule has 0 aromatic heterocycles. The van der Waals surface area contributed by atoms with Gasteiger partial charge in [-0.05, 0) is 68.6 Å². The molecule has 0 aliphatic heterocycles. The molecule has 1 aromatic rings. The summed E-state index contributed by atoms with van der Waals surface area (Å²) in [5.74, 6) is 2.04. The smallest absolute Gasteiger partial charge is 0.207 e. The summed E-state index contributed by atoms with van der Waals surface area (Å²) in [6.07, 6.45) is 6.02. The molecule has 0 spiro atoms. The predicted octanol–water partition coefficient (Wildman–Crippen LogP) is 4.37. The van der Waals surface area contributed by atoms with E-state index in [1.54, 1.807) is 7.11 Å². The van der Waals surface area contributed by atoms with Crippen LogP contribution in [0.4, 0.5) is 0 Å². The highest BCUT2D eigenvalue weighted by molar-refractivity contribution is 5.32. The van der Waals surface area contributed by atoms with Gasteiger partial charge in [0.2, 0.25) is 5.79 Å². The minimum atomic E-state index is -0.575. The zero-order chi connectivity index (χ0) is 16.7. The van der Waals surface area contributed by atoms with Gasteiger partial charge >= 0.3 is 0 Å². The van der Waals surface area contributed by atoms with Gasteiger partial charge in [0, 0.05) is 18.9 Å². The number of nitrogens with zero attached hydrogens (tertiary/aromatic N) is 1. The molecule has 4 saturated carbocycles. The summed E-state index contributed by atoms with van der Waals surface area (Å²) in [7, 11) is 1.76. The van der Waals surface area contributed by atoms with E-state index in [4.69, 9.17) is 19.8 Å².